The molecule has 0 aromatic heterocycles. The minimum atomic E-state index is 0.499. The van der Waals surface area contributed by atoms with Crippen molar-refractivity contribution in [2.75, 3.05) is 18.5 Å². The summed E-state index contributed by atoms with van der Waals surface area (Å²) in [6.45, 7) is 11.9. The number of rotatable bonds is 5. The van der Waals surface area contributed by atoms with Crippen molar-refractivity contribution in [2.45, 2.75) is 46.7 Å². The van der Waals surface area contributed by atoms with Crippen LogP contribution in [-0.2, 0) is 0 Å². The van der Waals surface area contributed by atoms with Gasteiger partial charge in [-0.2, -0.15) is 0 Å². The molecule has 1 rings (SSSR count). The zero-order valence-corrected chi connectivity index (χ0v) is 12.0. The largest absolute Gasteiger partial charge is 0.371 e. The van der Waals surface area contributed by atoms with Gasteiger partial charge < -0.3 is 10.2 Å². The van der Waals surface area contributed by atoms with Crippen LogP contribution in [0.5, 0.6) is 0 Å². The molecule has 1 atom stereocenters. The van der Waals surface area contributed by atoms with Crippen molar-refractivity contribution in [3.8, 4) is 0 Å². The highest BCUT2D eigenvalue weighted by atomic mass is 15.1. The maximum atomic E-state index is 3.48. The predicted molar refractivity (Wildman–Crippen MR) is 76.9 cm³/mol. The van der Waals surface area contributed by atoms with Gasteiger partial charge in [-0.15, -0.1) is 0 Å². The monoisotopic (exact) mass is 234 g/mol. The van der Waals surface area contributed by atoms with Crippen LogP contribution >= 0.6 is 0 Å². The van der Waals surface area contributed by atoms with Gasteiger partial charge in [0.2, 0.25) is 0 Å². The van der Waals surface area contributed by atoms with Crippen LogP contribution in [0, 0.1) is 13.8 Å². The highest BCUT2D eigenvalue weighted by Gasteiger charge is 2.10. The zero-order valence-electron chi connectivity index (χ0n) is 12.0. The Morgan fingerprint density at radius 2 is 1.59 bits per heavy atom. The normalized spacial score (nSPS) is 12.9. The van der Waals surface area contributed by atoms with Gasteiger partial charge >= 0.3 is 0 Å². The standard InChI is InChI=1S/C15H26N2/c1-11(2)16-10-14(5)17(6)15-8-12(3)7-13(4)9-15/h7-9,11,14,16H,10H2,1-6H3. The molecule has 0 saturated heterocycles. The number of likely N-dealkylation sites (N-methyl/N-ethyl adjacent to an activating group) is 1. The lowest BCUT2D eigenvalue weighted by molar-refractivity contribution is 0.532. The molecule has 0 aliphatic carbocycles. The van der Waals surface area contributed by atoms with Crippen LogP contribution in [0.4, 0.5) is 5.69 Å². The lowest BCUT2D eigenvalue weighted by Crippen LogP contribution is -2.40. The molecule has 96 valence electrons. The lowest BCUT2D eigenvalue weighted by Gasteiger charge is -2.28. The topological polar surface area (TPSA) is 15.3 Å². The second-order valence-electron chi connectivity index (χ2n) is 5.37. The Labute approximate surface area is 106 Å². The number of anilines is 1. The summed E-state index contributed by atoms with van der Waals surface area (Å²) in [5.74, 6) is 0. The molecule has 0 aliphatic rings. The fraction of sp³-hybridized carbons (Fsp3) is 0.600. The molecule has 1 aromatic carbocycles. The van der Waals surface area contributed by atoms with Gasteiger partial charge in [0.1, 0.15) is 0 Å². The van der Waals surface area contributed by atoms with E-state index in [-0.39, 0.29) is 0 Å². The molecule has 17 heavy (non-hydrogen) atoms. The van der Waals surface area contributed by atoms with Crippen molar-refractivity contribution in [3.63, 3.8) is 0 Å². The fourth-order valence-electron chi connectivity index (χ4n) is 1.95. The maximum absolute atomic E-state index is 3.48. The summed E-state index contributed by atoms with van der Waals surface area (Å²) in [7, 11) is 2.17. The van der Waals surface area contributed by atoms with Crippen molar-refractivity contribution in [1.29, 1.82) is 0 Å². The molecule has 1 unspecified atom stereocenters. The third-order valence-corrected chi connectivity index (χ3v) is 3.10. The number of benzene rings is 1. The highest BCUT2D eigenvalue weighted by Crippen LogP contribution is 2.19. The molecule has 0 saturated carbocycles. The van der Waals surface area contributed by atoms with Crippen LogP contribution in [-0.4, -0.2) is 25.7 Å². The molecular weight excluding hydrogens is 208 g/mol. The van der Waals surface area contributed by atoms with Crippen molar-refractivity contribution in [1.82, 2.24) is 5.32 Å². The van der Waals surface area contributed by atoms with E-state index in [1.165, 1.54) is 16.8 Å². The molecule has 0 heterocycles. The van der Waals surface area contributed by atoms with E-state index >= 15 is 0 Å². The van der Waals surface area contributed by atoms with Gasteiger partial charge in [0.15, 0.2) is 0 Å². The Balaban J connectivity index is 2.70. The van der Waals surface area contributed by atoms with Crippen LogP contribution in [0.3, 0.4) is 0 Å². The Kier molecular flexibility index (Phi) is 5.01. The van der Waals surface area contributed by atoms with E-state index in [4.69, 9.17) is 0 Å². The first-order valence-electron chi connectivity index (χ1n) is 6.44. The van der Waals surface area contributed by atoms with E-state index in [9.17, 15) is 0 Å². The van der Waals surface area contributed by atoms with Gasteiger partial charge in [-0.1, -0.05) is 19.9 Å². The molecule has 0 amide bonds. The van der Waals surface area contributed by atoms with Gasteiger partial charge in [-0.3, -0.25) is 0 Å². The van der Waals surface area contributed by atoms with Crippen LogP contribution in [0.2, 0.25) is 0 Å². The lowest BCUT2D eigenvalue weighted by atomic mass is 10.1. The maximum Gasteiger partial charge on any atom is 0.0383 e. The van der Waals surface area contributed by atoms with Crippen molar-refractivity contribution >= 4 is 5.69 Å². The molecule has 0 bridgehead atoms. The molecular formula is C15H26N2. The van der Waals surface area contributed by atoms with E-state index in [2.05, 4.69) is 70.1 Å². The van der Waals surface area contributed by atoms with E-state index in [1.54, 1.807) is 0 Å². The van der Waals surface area contributed by atoms with E-state index in [0.717, 1.165) is 6.54 Å². The average molecular weight is 234 g/mol. The van der Waals surface area contributed by atoms with Crippen molar-refractivity contribution in [2.24, 2.45) is 0 Å². The second kappa shape index (κ2) is 6.06. The molecule has 0 spiro atoms. The molecule has 1 N–H and O–H groups in total. The molecule has 2 nitrogen and oxygen atoms in total. The summed E-state index contributed by atoms with van der Waals surface area (Å²) in [5.41, 5.74) is 3.97. The van der Waals surface area contributed by atoms with E-state index in [0.29, 0.717) is 12.1 Å². The Morgan fingerprint density at radius 3 is 2.06 bits per heavy atom. The van der Waals surface area contributed by atoms with E-state index < -0.39 is 0 Å². The highest BCUT2D eigenvalue weighted by molar-refractivity contribution is 5.51. The van der Waals surface area contributed by atoms with Gasteiger partial charge in [-0.05, 0) is 44.0 Å². The third-order valence-electron chi connectivity index (χ3n) is 3.10. The quantitative estimate of drug-likeness (QED) is 0.842. The van der Waals surface area contributed by atoms with Crippen LogP contribution in [0.1, 0.15) is 31.9 Å². The van der Waals surface area contributed by atoms with Gasteiger partial charge in [0.05, 0.1) is 0 Å². The predicted octanol–water partition coefficient (Wildman–Crippen LogP) is 3.13. The Bertz CT molecular complexity index is 338. The fourth-order valence-corrected chi connectivity index (χ4v) is 1.95. The molecule has 0 radical (unpaired) electrons. The first kappa shape index (κ1) is 14.0. The van der Waals surface area contributed by atoms with E-state index in [1.807, 2.05) is 0 Å². The summed E-state index contributed by atoms with van der Waals surface area (Å²) >= 11 is 0. The second-order valence-corrected chi connectivity index (χ2v) is 5.37. The van der Waals surface area contributed by atoms with Crippen molar-refractivity contribution < 1.29 is 0 Å². The zero-order chi connectivity index (χ0) is 13.0. The summed E-state index contributed by atoms with van der Waals surface area (Å²) in [4.78, 5) is 2.34. The van der Waals surface area contributed by atoms with Crippen LogP contribution in [0.15, 0.2) is 18.2 Å². The smallest absolute Gasteiger partial charge is 0.0383 e. The van der Waals surface area contributed by atoms with Gasteiger partial charge in [0, 0.05) is 31.4 Å². The first-order chi connectivity index (χ1) is 7.90. The average Bonchev–Trinajstić information content (AvgIpc) is 2.23. The minimum absolute atomic E-state index is 0.499. The Hall–Kier alpha value is -1.02. The summed E-state index contributed by atoms with van der Waals surface area (Å²) < 4.78 is 0. The number of nitrogens with one attached hydrogen (secondary N) is 1. The summed E-state index contributed by atoms with van der Waals surface area (Å²) in [5, 5.41) is 3.48. The minimum Gasteiger partial charge on any atom is -0.371 e. The van der Waals surface area contributed by atoms with Gasteiger partial charge in [-0.25, -0.2) is 0 Å². The molecule has 0 fully saturated rings. The summed E-state index contributed by atoms with van der Waals surface area (Å²) in [6.07, 6.45) is 0. The van der Waals surface area contributed by atoms with Gasteiger partial charge in [0.25, 0.3) is 0 Å². The Morgan fingerprint density at radius 1 is 1.06 bits per heavy atom. The molecule has 0 aliphatic heterocycles. The third kappa shape index (κ3) is 4.39. The number of aryl methyl sites for hydroxylation is 2. The number of hydrogen-bond donors (Lipinski definition) is 1. The van der Waals surface area contributed by atoms with Crippen LogP contribution < -0.4 is 10.2 Å². The number of nitrogens with zero attached hydrogens (tertiary/aromatic N) is 1. The number of hydrogen-bond acceptors (Lipinski definition) is 2. The van der Waals surface area contributed by atoms with Crippen molar-refractivity contribution in [3.05, 3.63) is 29.3 Å². The molecule has 1 aromatic rings. The van der Waals surface area contributed by atoms with Crippen LogP contribution in [0.25, 0.3) is 0 Å². The SMILES string of the molecule is Cc1cc(C)cc(N(C)C(C)CNC(C)C)c1. The first-order valence-corrected chi connectivity index (χ1v) is 6.44. The molecule has 2 heteroatoms. The summed E-state index contributed by atoms with van der Waals surface area (Å²) in [6, 6.07) is 7.76.